The molecule has 3 nitrogen and oxygen atoms in total. The SMILES string of the molecule is CNCCN(C)C(=O)CCc1cc(Cl)ccc1Br. The van der Waals surface area contributed by atoms with Crippen molar-refractivity contribution >= 4 is 33.4 Å². The van der Waals surface area contributed by atoms with Crippen LogP contribution in [-0.2, 0) is 11.2 Å². The maximum Gasteiger partial charge on any atom is 0.222 e. The Bertz CT molecular complexity index is 412. The van der Waals surface area contributed by atoms with Crippen LogP contribution in [0.2, 0.25) is 5.02 Å². The standard InChI is InChI=1S/C13H18BrClN2O/c1-16-7-8-17(2)13(18)6-3-10-9-11(15)4-5-12(10)14/h4-5,9,16H,3,6-8H2,1-2H3. The number of rotatable bonds is 6. The van der Waals surface area contributed by atoms with E-state index in [1.807, 2.05) is 32.3 Å². The predicted octanol–water partition coefficient (Wildman–Crippen LogP) is 2.71. The second kappa shape index (κ2) is 7.77. The number of hydrogen-bond donors (Lipinski definition) is 1. The van der Waals surface area contributed by atoms with Gasteiger partial charge in [-0.15, -0.1) is 0 Å². The Morgan fingerprint density at radius 2 is 2.22 bits per heavy atom. The van der Waals surface area contributed by atoms with E-state index < -0.39 is 0 Å². The molecule has 0 radical (unpaired) electrons. The number of carbonyl (C=O) groups excluding carboxylic acids is 1. The first-order valence-corrected chi connectivity index (χ1v) is 7.04. The van der Waals surface area contributed by atoms with Gasteiger partial charge in [0.2, 0.25) is 5.91 Å². The van der Waals surface area contributed by atoms with E-state index in [-0.39, 0.29) is 5.91 Å². The Morgan fingerprint density at radius 1 is 1.50 bits per heavy atom. The van der Waals surface area contributed by atoms with Crippen molar-refractivity contribution < 1.29 is 4.79 Å². The molecule has 0 unspecified atom stereocenters. The van der Waals surface area contributed by atoms with Gasteiger partial charge < -0.3 is 10.2 Å². The van der Waals surface area contributed by atoms with E-state index >= 15 is 0 Å². The van der Waals surface area contributed by atoms with Crippen LogP contribution in [0.1, 0.15) is 12.0 Å². The second-order valence-corrected chi connectivity index (χ2v) is 5.45. The van der Waals surface area contributed by atoms with Crippen molar-refractivity contribution in [3.8, 4) is 0 Å². The molecule has 0 saturated carbocycles. The molecule has 1 rings (SSSR count). The fourth-order valence-electron chi connectivity index (χ4n) is 1.57. The summed E-state index contributed by atoms with van der Waals surface area (Å²) in [5.74, 6) is 0.150. The molecule has 0 spiro atoms. The normalized spacial score (nSPS) is 10.4. The predicted molar refractivity (Wildman–Crippen MR) is 79.0 cm³/mol. The number of aryl methyl sites for hydroxylation is 1. The summed E-state index contributed by atoms with van der Waals surface area (Å²) in [4.78, 5) is 13.6. The molecule has 18 heavy (non-hydrogen) atoms. The maximum atomic E-state index is 11.9. The lowest BCUT2D eigenvalue weighted by molar-refractivity contribution is -0.129. The Balaban J connectivity index is 2.49. The fourth-order valence-corrected chi connectivity index (χ4v) is 2.21. The molecule has 0 aliphatic heterocycles. The van der Waals surface area contributed by atoms with Crippen molar-refractivity contribution in [1.82, 2.24) is 10.2 Å². The van der Waals surface area contributed by atoms with Crippen molar-refractivity contribution in [2.24, 2.45) is 0 Å². The first-order chi connectivity index (χ1) is 8.54. The summed E-state index contributed by atoms with van der Waals surface area (Å²) in [6.45, 7) is 1.54. The minimum Gasteiger partial charge on any atom is -0.344 e. The van der Waals surface area contributed by atoms with E-state index in [2.05, 4.69) is 21.2 Å². The number of benzene rings is 1. The van der Waals surface area contributed by atoms with Crippen LogP contribution in [0.25, 0.3) is 0 Å². The summed E-state index contributed by atoms with van der Waals surface area (Å²) in [7, 11) is 3.70. The molecule has 0 atom stereocenters. The zero-order valence-corrected chi connectivity index (χ0v) is 13.0. The van der Waals surface area contributed by atoms with E-state index in [1.165, 1.54) is 0 Å². The highest BCUT2D eigenvalue weighted by molar-refractivity contribution is 9.10. The Hall–Kier alpha value is -0.580. The second-order valence-electron chi connectivity index (χ2n) is 4.15. The van der Waals surface area contributed by atoms with Gasteiger partial charge in [-0.2, -0.15) is 0 Å². The minimum absolute atomic E-state index is 0.150. The van der Waals surface area contributed by atoms with Gasteiger partial charge in [-0.05, 0) is 37.2 Å². The maximum absolute atomic E-state index is 11.9. The van der Waals surface area contributed by atoms with Crippen LogP contribution in [0.5, 0.6) is 0 Å². The Kier molecular flexibility index (Phi) is 6.68. The molecule has 0 aliphatic rings. The van der Waals surface area contributed by atoms with Crippen LogP contribution >= 0.6 is 27.5 Å². The van der Waals surface area contributed by atoms with Crippen LogP contribution in [0.3, 0.4) is 0 Å². The van der Waals surface area contributed by atoms with E-state index in [0.29, 0.717) is 17.9 Å². The van der Waals surface area contributed by atoms with Gasteiger partial charge in [-0.3, -0.25) is 4.79 Å². The molecule has 1 amide bonds. The Morgan fingerprint density at radius 3 is 2.89 bits per heavy atom. The van der Waals surface area contributed by atoms with Gasteiger partial charge in [-0.1, -0.05) is 27.5 Å². The van der Waals surface area contributed by atoms with Crippen LogP contribution in [0, 0.1) is 0 Å². The van der Waals surface area contributed by atoms with Crippen molar-refractivity contribution in [2.45, 2.75) is 12.8 Å². The lowest BCUT2D eigenvalue weighted by atomic mass is 10.1. The molecule has 0 bridgehead atoms. The van der Waals surface area contributed by atoms with Gasteiger partial charge in [0.25, 0.3) is 0 Å². The van der Waals surface area contributed by atoms with Gasteiger partial charge in [0.05, 0.1) is 0 Å². The van der Waals surface area contributed by atoms with Gasteiger partial charge in [0, 0.05) is 36.1 Å². The monoisotopic (exact) mass is 332 g/mol. The topological polar surface area (TPSA) is 32.3 Å². The summed E-state index contributed by atoms with van der Waals surface area (Å²) in [5, 5.41) is 3.72. The number of carbonyl (C=O) groups is 1. The third-order valence-electron chi connectivity index (χ3n) is 2.74. The van der Waals surface area contributed by atoms with Crippen LogP contribution in [0.15, 0.2) is 22.7 Å². The zero-order chi connectivity index (χ0) is 13.5. The van der Waals surface area contributed by atoms with Gasteiger partial charge >= 0.3 is 0 Å². The minimum atomic E-state index is 0.150. The van der Waals surface area contributed by atoms with E-state index in [0.717, 1.165) is 23.1 Å². The number of nitrogens with one attached hydrogen (secondary N) is 1. The molecular formula is C13H18BrClN2O. The fraction of sp³-hybridized carbons (Fsp3) is 0.462. The summed E-state index contributed by atoms with van der Waals surface area (Å²) >= 11 is 9.40. The van der Waals surface area contributed by atoms with E-state index in [1.54, 1.807) is 4.90 Å². The quantitative estimate of drug-likeness (QED) is 0.868. The van der Waals surface area contributed by atoms with Crippen molar-refractivity contribution in [3.05, 3.63) is 33.3 Å². The molecule has 0 fully saturated rings. The lowest BCUT2D eigenvalue weighted by Gasteiger charge is -2.17. The summed E-state index contributed by atoms with van der Waals surface area (Å²) in [5.41, 5.74) is 1.07. The van der Waals surface area contributed by atoms with E-state index in [4.69, 9.17) is 11.6 Å². The summed E-state index contributed by atoms with van der Waals surface area (Å²) in [6, 6.07) is 5.63. The molecule has 5 heteroatoms. The third kappa shape index (κ3) is 4.96. The average Bonchev–Trinajstić information content (AvgIpc) is 2.36. The molecule has 1 aromatic carbocycles. The first-order valence-electron chi connectivity index (χ1n) is 5.87. The van der Waals surface area contributed by atoms with Crippen molar-refractivity contribution in [1.29, 1.82) is 0 Å². The van der Waals surface area contributed by atoms with Crippen molar-refractivity contribution in [2.75, 3.05) is 27.2 Å². The smallest absolute Gasteiger partial charge is 0.222 e. The zero-order valence-electron chi connectivity index (χ0n) is 10.7. The number of likely N-dealkylation sites (N-methyl/N-ethyl adjacent to an activating group) is 2. The number of nitrogens with zero attached hydrogens (tertiary/aromatic N) is 1. The lowest BCUT2D eigenvalue weighted by Crippen LogP contribution is -2.32. The Labute approximate surface area is 122 Å². The molecule has 1 N–H and O–H groups in total. The molecule has 0 aromatic heterocycles. The van der Waals surface area contributed by atoms with Crippen LogP contribution in [-0.4, -0.2) is 38.0 Å². The summed E-state index contributed by atoms with van der Waals surface area (Å²) in [6.07, 6.45) is 1.20. The third-order valence-corrected chi connectivity index (χ3v) is 3.75. The highest BCUT2D eigenvalue weighted by Crippen LogP contribution is 2.22. The molecule has 0 heterocycles. The van der Waals surface area contributed by atoms with Gasteiger partial charge in [0.1, 0.15) is 0 Å². The number of halogens is 2. The number of hydrogen-bond acceptors (Lipinski definition) is 2. The molecule has 0 saturated heterocycles. The van der Waals surface area contributed by atoms with Crippen LogP contribution in [0.4, 0.5) is 0 Å². The van der Waals surface area contributed by atoms with Crippen molar-refractivity contribution in [3.63, 3.8) is 0 Å². The molecule has 100 valence electrons. The highest BCUT2D eigenvalue weighted by atomic mass is 79.9. The van der Waals surface area contributed by atoms with E-state index in [9.17, 15) is 4.79 Å². The van der Waals surface area contributed by atoms with Gasteiger partial charge in [-0.25, -0.2) is 0 Å². The first kappa shape index (κ1) is 15.5. The highest BCUT2D eigenvalue weighted by Gasteiger charge is 2.09. The molecular weight excluding hydrogens is 316 g/mol. The largest absolute Gasteiger partial charge is 0.344 e. The number of amides is 1. The van der Waals surface area contributed by atoms with Crippen LogP contribution < -0.4 is 5.32 Å². The summed E-state index contributed by atoms with van der Waals surface area (Å²) < 4.78 is 0.998. The molecule has 1 aromatic rings. The molecule has 0 aliphatic carbocycles. The van der Waals surface area contributed by atoms with Gasteiger partial charge in [0.15, 0.2) is 0 Å². The average molecular weight is 334 g/mol.